The van der Waals surface area contributed by atoms with Crippen LogP contribution in [0.2, 0.25) is 0 Å². The number of carbonyl (C=O) groups is 1. The van der Waals surface area contributed by atoms with Gasteiger partial charge < -0.3 is 5.73 Å². The van der Waals surface area contributed by atoms with E-state index in [1.54, 1.807) is 13.8 Å². The number of hydrogen-bond donors (Lipinski definition) is 1. The average Bonchev–Trinajstić information content (AvgIpc) is 2.97. The van der Waals surface area contributed by atoms with Crippen LogP contribution in [0.25, 0.3) is 0 Å². The monoisotopic (exact) mass is 355 g/mol. The van der Waals surface area contributed by atoms with Crippen LogP contribution in [0.3, 0.4) is 0 Å². The first-order valence-corrected chi connectivity index (χ1v) is 8.28. The molecule has 10 heteroatoms. The predicted octanol–water partition coefficient (Wildman–Crippen LogP) is 1.33. The SMILES string of the molecule is CC1(C)c2c([c]nn2C(N)=O)CN1S(=O)(=O)c1cc(F)cc(F)c1. The third-order valence-electron chi connectivity index (χ3n) is 3.92. The molecule has 127 valence electrons. The van der Waals surface area contributed by atoms with Gasteiger partial charge in [0, 0.05) is 18.2 Å². The molecule has 0 saturated carbocycles. The lowest BCUT2D eigenvalue weighted by Gasteiger charge is -2.31. The van der Waals surface area contributed by atoms with Crippen molar-refractivity contribution in [3.8, 4) is 0 Å². The lowest BCUT2D eigenvalue weighted by atomic mass is 10.0. The van der Waals surface area contributed by atoms with Crippen molar-refractivity contribution < 1.29 is 22.0 Å². The Kier molecular flexibility index (Phi) is 3.50. The van der Waals surface area contributed by atoms with Crippen LogP contribution < -0.4 is 5.73 Å². The topological polar surface area (TPSA) is 98.3 Å². The Hall–Kier alpha value is -2.33. The predicted molar refractivity (Wildman–Crippen MR) is 78.2 cm³/mol. The summed E-state index contributed by atoms with van der Waals surface area (Å²) in [6.45, 7) is 2.94. The van der Waals surface area contributed by atoms with Crippen LogP contribution in [0.15, 0.2) is 23.1 Å². The fraction of sp³-hybridized carbons (Fsp3) is 0.286. The number of halogens is 2. The summed E-state index contributed by atoms with van der Waals surface area (Å²) in [5.41, 5.74) is 4.67. The van der Waals surface area contributed by atoms with Crippen LogP contribution in [0.5, 0.6) is 0 Å². The summed E-state index contributed by atoms with van der Waals surface area (Å²) < 4.78 is 54.4. The maximum absolute atomic E-state index is 13.4. The van der Waals surface area contributed by atoms with Gasteiger partial charge in [0.05, 0.1) is 16.1 Å². The fourth-order valence-corrected chi connectivity index (χ4v) is 4.65. The molecule has 3 rings (SSSR count). The van der Waals surface area contributed by atoms with Crippen molar-refractivity contribution in [2.45, 2.75) is 30.8 Å². The van der Waals surface area contributed by atoms with Crippen LogP contribution in [0, 0.1) is 17.8 Å². The van der Waals surface area contributed by atoms with Crippen molar-refractivity contribution in [3.63, 3.8) is 0 Å². The van der Waals surface area contributed by atoms with E-state index in [9.17, 15) is 22.0 Å². The van der Waals surface area contributed by atoms with Crippen molar-refractivity contribution in [1.29, 1.82) is 0 Å². The highest BCUT2D eigenvalue weighted by molar-refractivity contribution is 7.89. The number of benzene rings is 1. The number of nitrogens with zero attached hydrogens (tertiary/aromatic N) is 3. The Morgan fingerprint density at radius 3 is 2.42 bits per heavy atom. The van der Waals surface area contributed by atoms with Gasteiger partial charge in [0.25, 0.3) is 0 Å². The molecule has 1 aromatic heterocycles. The molecule has 0 spiro atoms. The van der Waals surface area contributed by atoms with Crippen molar-refractivity contribution in [3.05, 3.63) is 47.3 Å². The Morgan fingerprint density at radius 1 is 1.29 bits per heavy atom. The molecule has 1 amide bonds. The van der Waals surface area contributed by atoms with E-state index >= 15 is 0 Å². The zero-order chi connectivity index (χ0) is 17.9. The van der Waals surface area contributed by atoms with Gasteiger partial charge in [0.1, 0.15) is 17.8 Å². The molecule has 0 fully saturated rings. The smallest absolute Gasteiger partial charge is 0.339 e. The number of primary amides is 1. The molecule has 1 radical (unpaired) electrons. The number of fused-ring (bicyclic) bond motifs is 1. The van der Waals surface area contributed by atoms with Gasteiger partial charge in [-0.1, -0.05) is 0 Å². The van der Waals surface area contributed by atoms with Gasteiger partial charge >= 0.3 is 6.03 Å². The van der Waals surface area contributed by atoms with Gasteiger partial charge in [-0.25, -0.2) is 22.0 Å². The van der Waals surface area contributed by atoms with Crippen LogP contribution >= 0.6 is 0 Å². The molecule has 2 aromatic rings. The lowest BCUT2D eigenvalue weighted by Crippen LogP contribution is -2.42. The molecule has 1 aliphatic heterocycles. The van der Waals surface area contributed by atoms with Crippen LogP contribution in [0.1, 0.15) is 25.1 Å². The van der Waals surface area contributed by atoms with E-state index in [4.69, 9.17) is 5.73 Å². The molecule has 2 N–H and O–H groups in total. The van der Waals surface area contributed by atoms with Crippen LogP contribution in [-0.4, -0.2) is 28.5 Å². The number of aromatic nitrogens is 2. The number of sulfonamides is 1. The zero-order valence-corrected chi connectivity index (χ0v) is 13.6. The van der Waals surface area contributed by atoms with E-state index in [2.05, 4.69) is 11.3 Å². The average molecular weight is 355 g/mol. The van der Waals surface area contributed by atoms with Gasteiger partial charge in [-0.15, -0.1) is 0 Å². The molecule has 0 aliphatic carbocycles. The molecular weight excluding hydrogens is 342 g/mol. The largest absolute Gasteiger partial charge is 0.350 e. The van der Waals surface area contributed by atoms with Crippen molar-refractivity contribution >= 4 is 16.1 Å². The first kappa shape index (κ1) is 16.5. The van der Waals surface area contributed by atoms with Crippen molar-refractivity contribution in [1.82, 2.24) is 14.1 Å². The van der Waals surface area contributed by atoms with Gasteiger partial charge in [-0.05, 0) is 26.0 Å². The first-order chi connectivity index (χ1) is 11.0. The van der Waals surface area contributed by atoms with Crippen molar-refractivity contribution in [2.24, 2.45) is 5.73 Å². The second-order valence-electron chi connectivity index (χ2n) is 5.86. The third-order valence-corrected chi connectivity index (χ3v) is 5.92. The van der Waals surface area contributed by atoms with Gasteiger partial charge in [-0.2, -0.15) is 14.1 Å². The maximum Gasteiger partial charge on any atom is 0.339 e. The van der Waals surface area contributed by atoms with Gasteiger partial charge in [0.15, 0.2) is 0 Å². The van der Waals surface area contributed by atoms with Crippen LogP contribution in [0.4, 0.5) is 13.6 Å². The molecule has 1 aliphatic rings. The minimum atomic E-state index is -4.23. The molecule has 0 saturated heterocycles. The Balaban J connectivity index is 2.12. The maximum atomic E-state index is 13.4. The summed E-state index contributed by atoms with van der Waals surface area (Å²) in [7, 11) is -4.23. The summed E-state index contributed by atoms with van der Waals surface area (Å²) in [5.74, 6) is -2.00. The molecule has 0 bridgehead atoms. The minimum absolute atomic E-state index is 0.143. The quantitative estimate of drug-likeness (QED) is 0.878. The molecule has 2 heterocycles. The van der Waals surface area contributed by atoms with E-state index in [0.29, 0.717) is 11.6 Å². The van der Waals surface area contributed by atoms with E-state index in [0.717, 1.165) is 21.1 Å². The van der Waals surface area contributed by atoms with E-state index in [-0.39, 0.29) is 12.2 Å². The standard InChI is InChI=1S/C14H13F2N4O3S/c1-14(2)12-8(6-18-20(12)13(17)21)7-19(14)24(22,23)11-4-9(15)3-10(16)5-11/h3-5H,7H2,1-2H3,(H2,17,21). The Bertz CT molecular complexity index is 933. The molecule has 0 unspecified atom stereocenters. The number of rotatable bonds is 2. The van der Waals surface area contributed by atoms with Gasteiger partial charge in [0.2, 0.25) is 10.0 Å². The van der Waals surface area contributed by atoms with E-state index < -0.39 is 38.1 Å². The molecule has 1 aromatic carbocycles. The van der Waals surface area contributed by atoms with Crippen molar-refractivity contribution in [2.75, 3.05) is 0 Å². The van der Waals surface area contributed by atoms with Gasteiger partial charge in [-0.3, -0.25) is 0 Å². The summed E-state index contributed by atoms with van der Waals surface area (Å²) in [4.78, 5) is 10.9. The number of carbonyl (C=O) groups excluding carboxylic acids is 1. The highest BCUT2D eigenvalue weighted by atomic mass is 32.2. The summed E-state index contributed by atoms with van der Waals surface area (Å²) in [6, 6.07) is 1.18. The number of hydrogen-bond acceptors (Lipinski definition) is 4. The molecule has 0 atom stereocenters. The normalized spacial score (nSPS) is 17.0. The molecule has 7 nitrogen and oxygen atoms in total. The van der Waals surface area contributed by atoms with Crippen LogP contribution in [-0.2, 0) is 22.1 Å². The summed E-state index contributed by atoms with van der Waals surface area (Å²) in [5, 5.41) is 3.73. The second-order valence-corrected chi connectivity index (χ2v) is 7.73. The van der Waals surface area contributed by atoms with E-state index in [1.165, 1.54) is 0 Å². The first-order valence-electron chi connectivity index (χ1n) is 6.84. The molecule has 24 heavy (non-hydrogen) atoms. The highest BCUT2D eigenvalue weighted by Gasteiger charge is 2.48. The minimum Gasteiger partial charge on any atom is -0.350 e. The molecular formula is C14H13F2N4O3S. The Morgan fingerprint density at radius 2 is 1.88 bits per heavy atom. The number of amides is 1. The summed E-state index contributed by atoms with van der Waals surface area (Å²) in [6.07, 6.45) is 2.56. The van der Waals surface area contributed by atoms with E-state index in [1.807, 2.05) is 0 Å². The lowest BCUT2D eigenvalue weighted by molar-refractivity contribution is 0.228. The highest BCUT2D eigenvalue weighted by Crippen LogP contribution is 2.42. The summed E-state index contributed by atoms with van der Waals surface area (Å²) >= 11 is 0. The Labute approximate surface area is 136 Å². The zero-order valence-electron chi connectivity index (χ0n) is 12.7. The third kappa shape index (κ3) is 2.29. The number of nitrogens with two attached hydrogens (primary N) is 1. The fourth-order valence-electron chi connectivity index (χ4n) is 2.89. The second kappa shape index (κ2) is 5.08.